The van der Waals surface area contributed by atoms with Gasteiger partial charge in [0.1, 0.15) is 10.7 Å². The zero-order valence-electron chi connectivity index (χ0n) is 18.7. The first kappa shape index (κ1) is 24.5. The molecule has 0 bridgehead atoms. The maximum Gasteiger partial charge on any atom is 0.256 e. The van der Waals surface area contributed by atoms with Crippen molar-refractivity contribution in [2.45, 2.75) is 24.5 Å². The van der Waals surface area contributed by atoms with E-state index < -0.39 is 10.0 Å². The van der Waals surface area contributed by atoms with Crippen LogP contribution in [0, 0.1) is 0 Å². The number of hydrogen-bond acceptors (Lipinski definition) is 5. The fourth-order valence-electron chi connectivity index (χ4n) is 3.67. The molecule has 1 heterocycles. The van der Waals surface area contributed by atoms with Crippen LogP contribution in [0.3, 0.4) is 0 Å². The number of amides is 1. The van der Waals surface area contributed by atoms with Gasteiger partial charge in [0.15, 0.2) is 0 Å². The Labute approximate surface area is 209 Å². The van der Waals surface area contributed by atoms with Gasteiger partial charge < -0.3 is 14.6 Å². The molecular formula is C26H24ClN3O4S. The lowest BCUT2D eigenvalue weighted by Crippen LogP contribution is -2.31. The Bertz CT molecular complexity index is 1350. The molecular weight excluding hydrogens is 486 g/mol. The summed E-state index contributed by atoms with van der Waals surface area (Å²) in [5.41, 5.74) is 2.41. The molecule has 3 N–H and O–H groups in total. The Kier molecular flexibility index (Phi) is 7.55. The Morgan fingerprint density at radius 1 is 0.914 bits per heavy atom. The van der Waals surface area contributed by atoms with Crippen LogP contribution in [0.5, 0.6) is 0 Å². The van der Waals surface area contributed by atoms with E-state index >= 15 is 0 Å². The van der Waals surface area contributed by atoms with Gasteiger partial charge in [-0.25, -0.2) is 13.6 Å². The number of sulfonamides is 1. The molecule has 3 aromatic carbocycles. The van der Waals surface area contributed by atoms with Crippen LogP contribution in [0.25, 0.3) is 0 Å². The molecule has 0 spiro atoms. The van der Waals surface area contributed by atoms with Gasteiger partial charge in [-0.05, 0) is 35.4 Å². The van der Waals surface area contributed by atoms with Crippen LogP contribution in [-0.2, 0) is 29.7 Å². The summed E-state index contributed by atoms with van der Waals surface area (Å²) in [5.74, 6) is 0.295. The number of nitrogens with zero attached hydrogens (tertiary/aromatic N) is 1. The van der Waals surface area contributed by atoms with Gasteiger partial charge in [-0.15, -0.1) is 0 Å². The third-order valence-corrected chi connectivity index (χ3v) is 6.74. The Morgan fingerprint density at radius 2 is 1.51 bits per heavy atom. The van der Waals surface area contributed by atoms with Crippen molar-refractivity contribution in [3.8, 4) is 0 Å². The molecule has 0 fully saturated rings. The summed E-state index contributed by atoms with van der Waals surface area (Å²) in [4.78, 5) is 15.3. The molecule has 7 nitrogen and oxygen atoms in total. The fourth-order valence-corrected chi connectivity index (χ4v) is 4.77. The van der Waals surface area contributed by atoms with Gasteiger partial charge in [-0.1, -0.05) is 72.3 Å². The first-order valence-corrected chi connectivity index (χ1v) is 12.7. The van der Waals surface area contributed by atoms with Gasteiger partial charge >= 0.3 is 0 Å². The van der Waals surface area contributed by atoms with Crippen molar-refractivity contribution >= 4 is 33.2 Å². The average molecular weight is 510 g/mol. The number of furan rings is 1. The van der Waals surface area contributed by atoms with Crippen LogP contribution >= 0.6 is 11.6 Å². The van der Waals surface area contributed by atoms with Crippen molar-refractivity contribution in [3.63, 3.8) is 0 Å². The van der Waals surface area contributed by atoms with Crippen LogP contribution < -0.4 is 10.5 Å². The molecule has 0 radical (unpaired) electrons. The SMILES string of the molecule is NS(=O)(=O)c1cc(NCc2ccco2)c(C(=O)N(Cc2ccccc2)Cc2ccccc2)cc1Cl. The Morgan fingerprint density at radius 3 is 2.03 bits per heavy atom. The number of hydrogen-bond donors (Lipinski definition) is 2. The molecule has 0 saturated heterocycles. The van der Waals surface area contributed by atoms with Gasteiger partial charge in [0.05, 0.1) is 23.4 Å². The monoisotopic (exact) mass is 509 g/mol. The van der Waals surface area contributed by atoms with E-state index in [0.717, 1.165) is 11.1 Å². The molecule has 1 amide bonds. The normalized spacial score (nSPS) is 11.3. The highest BCUT2D eigenvalue weighted by atomic mass is 35.5. The Hall–Kier alpha value is -3.59. The third kappa shape index (κ3) is 6.30. The molecule has 35 heavy (non-hydrogen) atoms. The largest absolute Gasteiger partial charge is 0.467 e. The lowest BCUT2D eigenvalue weighted by molar-refractivity contribution is 0.0731. The van der Waals surface area contributed by atoms with E-state index in [1.807, 2.05) is 60.7 Å². The predicted molar refractivity (Wildman–Crippen MR) is 135 cm³/mol. The molecule has 180 valence electrons. The molecule has 0 aliphatic heterocycles. The number of rotatable bonds is 9. The van der Waals surface area contributed by atoms with Crippen molar-refractivity contribution < 1.29 is 17.6 Å². The van der Waals surface area contributed by atoms with Gasteiger partial charge in [0.25, 0.3) is 5.91 Å². The molecule has 4 rings (SSSR count). The van der Waals surface area contributed by atoms with Crippen molar-refractivity contribution in [2.24, 2.45) is 5.14 Å². The van der Waals surface area contributed by atoms with Gasteiger partial charge in [-0.2, -0.15) is 0 Å². The van der Waals surface area contributed by atoms with Gasteiger partial charge in [-0.3, -0.25) is 4.79 Å². The minimum atomic E-state index is -4.11. The summed E-state index contributed by atoms with van der Waals surface area (Å²) in [6.45, 7) is 0.928. The Balaban J connectivity index is 1.74. The summed E-state index contributed by atoms with van der Waals surface area (Å²) in [5, 5.41) is 8.33. The van der Waals surface area contributed by atoms with Crippen LogP contribution in [-0.4, -0.2) is 19.2 Å². The lowest BCUT2D eigenvalue weighted by Gasteiger charge is -2.25. The quantitative estimate of drug-likeness (QED) is 0.329. The zero-order chi connectivity index (χ0) is 24.8. The van der Waals surface area contributed by atoms with Gasteiger partial charge in [0, 0.05) is 18.8 Å². The second-order valence-corrected chi connectivity index (χ2v) is 9.88. The molecule has 4 aromatic rings. The summed E-state index contributed by atoms with van der Waals surface area (Å²) in [6, 6.07) is 25.4. The van der Waals surface area contributed by atoms with E-state index in [0.29, 0.717) is 18.8 Å². The first-order chi connectivity index (χ1) is 16.8. The number of nitrogens with one attached hydrogen (secondary N) is 1. The molecule has 1 aromatic heterocycles. The third-order valence-electron chi connectivity index (χ3n) is 5.36. The van der Waals surface area contributed by atoms with E-state index in [2.05, 4.69) is 5.32 Å². The van der Waals surface area contributed by atoms with E-state index in [9.17, 15) is 13.2 Å². The van der Waals surface area contributed by atoms with Crippen molar-refractivity contribution in [2.75, 3.05) is 5.32 Å². The van der Waals surface area contributed by atoms with Gasteiger partial charge in [0.2, 0.25) is 10.0 Å². The highest BCUT2D eigenvalue weighted by molar-refractivity contribution is 7.89. The highest BCUT2D eigenvalue weighted by Crippen LogP contribution is 2.30. The van der Waals surface area contributed by atoms with E-state index in [1.165, 1.54) is 18.4 Å². The zero-order valence-corrected chi connectivity index (χ0v) is 20.3. The van der Waals surface area contributed by atoms with E-state index in [4.69, 9.17) is 21.2 Å². The maximum absolute atomic E-state index is 13.9. The smallest absolute Gasteiger partial charge is 0.256 e. The maximum atomic E-state index is 13.9. The second-order valence-electron chi connectivity index (χ2n) is 7.94. The summed E-state index contributed by atoms with van der Waals surface area (Å²) in [6.07, 6.45) is 1.53. The molecule has 0 unspecified atom stereocenters. The number of anilines is 1. The first-order valence-electron chi connectivity index (χ1n) is 10.8. The topological polar surface area (TPSA) is 106 Å². The summed E-state index contributed by atoms with van der Waals surface area (Å²) < 4.78 is 29.5. The summed E-state index contributed by atoms with van der Waals surface area (Å²) >= 11 is 6.28. The van der Waals surface area contributed by atoms with Crippen LogP contribution in [0.4, 0.5) is 5.69 Å². The van der Waals surface area contributed by atoms with Crippen molar-refractivity contribution in [1.29, 1.82) is 0 Å². The number of halogens is 1. The molecule has 9 heteroatoms. The molecule has 0 atom stereocenters. The van der Waals surface area contributed by atoms with E-state index in [-0.39, 0.29) is 33.6 Å². The number of carbonyl (C=O) groups excluding carboxylic acids is 1. The molecule has 0 saturated carbocycles. The highest BCUT2D eigenvalue weighted by Gasteiger charge is 2.24. The minimum Gasteiger partial charge on any atom is -0.467 e. The lowest BCUT2D eigenvalue weighted by atomic mass is 10.1. The average Bonchev–Trinajstić information content (AvgIpc) is 3.36. The fraction of sp³-hybridized carbons (Fsp3) is 0.115. The molecule has 0 aliphatic carbocycles. The summed E-state index contributed by atoms with van der Waals surface area (Å²) in [7, 11) is -4.11. The van der Waals surface area contributed by atoms with E-state index in [1.54, 1.807) is 17.0 Å². The standard InChI is InChI=1S/C26H24ClN3O4S/c27-23-14-22(24(15-25(23)35(28,32)33)29-16-21-12-7-13-34-21)26(31)30(17-19-8-3-1-4-9-19)18-20-10-5-2-6-11-20/h1-15,29H,16-18H2,(H2,28,32,33). The van der Waals surface area contributed by atoms with Crippen molar-refractivity contribution in [1.82, 2.24) is 4.90 Å². The minimum absolute atomic E-state index is 0.126. The number of benzene rings is 3. The number of nitrogens with two attached hydrogens (primary N) is 1. The van der Waals surface area contributed by atoms with Crippen LogP contribution in [0.2, 0.25) is 5.02 Å². The number of primary sulfonamides is 1. The van der Waals surface area contributed by atoms with Crippen LogP contribution in [0.1, 0.15) is 27.2 Å². The molecule has 0 aliphatic rings. The van der Waals surface area contributed by atoms with Crippen molar-refractivity contribution in [3.05, 3.63) is 119 Å². The van der Waals surface area contributed by atoms with Crippen LogP contribution in [0.15, 0.2) is 101 Å². The predicted octanol–water partition coefficient (Wildman–Crippen LogP) is 5.04. The second kappa shape index (κ2) is 10.8. The number of carbonyl (C=O) groups is 1.